The number of nitrogens with two attached hydrogens (primary N) is 1. The lowest BCUT2D eigenvalue weighted by molar-refractivity contribution is 1.07. The van der Waals surface area contributed by atoms with Gasteiger partial charge in [0.1, 0.15) is 5.82 Å². The summed E-state index contributed by atoms with van der Waals surface area (Å²) in [6.45, 7) is 1.91. The number of pyridine rings is 1. The van der Waals surface area contributed by atoms with Crippen molar-refractivity contribution in [3.63, 3.8) is 0 Å². The molecule has 0 unspecified atom stereocenters. The third-order valence-corrected chi connectivity index (χ3v) is 2.55. The first-order valence-corrected chi connectivity index (χ1v) is 4.67. The summed E-state index contributed by atoms with van der Waals surface area (Å²) < 4.78 is 0. The molecule has 0 aliphatic heterocycles. The molecule has 1 radical (unpaired) electrons. The van der Waals surface area contributed by atoms with Crippen LogP contribution >= 0.6 is 0 Å². The summed E-state index contributed by atoms with van der Waals surface area (Å²) in [5.41, 5.74) is 8.56. The van der Waals surface area contributed by atoms with Crippen LogP contribution in [0.4, 0.5) is 5.82 Å². The van der Waals surface area contributed by atoms with Crippen molar-refractivity contribution in [2.75, 3.05) is 5.73 Å². The number of nitrogen functional groups attached to an aromatic ring is 1. The molecule has 0 fully saturated rings. The van der Waals surface area contributed by atoms with E-state index in [0.29, 0.717) is 5.82 Å². The standard InChI is InChI=1S/C11H9N4/c1-6-9-10(15-14-6)7-4-2-3-5-8(7)13-11(9)12/h3-5H,1H3,(H2,12,13)(H,14,15). The molecule has 15 heavy (non-hydrogen) atoms. The van der Waals surface area contributed by atoms with Crippen molar-refractivity contribution in [3.8, 4) is 0 Å². The molecule has 2 heterocycles. The van der Waals surface area contributed by atoms with Crippen LogP contribution < -0.4 is 5.73 Å². The predicted molar refractivity (Wildman–Crippen MR) is 59.4 cm³/mol. The van der Waals surface area contributed by atoms with Crippen LogP contribution in [0.15, 0.2) is 18.2 Å². The summed E-state index contributed by atoms with van der Waals surface area (Å²) >= 11 is 0. The number of nitrogens with one attached hydrogen (secondary N) is 1. The molecule has 2 aromatic heterocycles. The van der Waals surface area contributed by atoms with Crippen molar-refractivity contribution >= 4 is 27.6 Å². The number of hydrogen-bond acceptors (Lipinski definition) is 3. The van der Waals surface area contributed by atoms with E-state index in [1.807, 2.05) is 25.1 Å². The molecule has 0 aliphatic rings. The van der Waals surface area contributed by atoms with Gasteiger partial charge in [-0.25, -0.2) is 4.98 Å². The van der Waals surface area contributed by atoms with Gasteiger partial charge < -0.3 is 5.73 Å². The molecule has 0 saturated carbocycles. The zero-order chi connectivity index (χ0) is 10.4. The van der Waals surface area contributed by atoms with Crippen LogP contribution in [0.2, 0.25) is 0 Å². The maximum atomic E-state index is 5.89. The van der Waals surface area contributed by atoms with E-state index in [-0.39, 0.29) is 0 Å². The summed E-state index contributed by atoms with van der Waals surface area (Å²) in [5.74, 6) is 0.523. The highest BCUT2D eigenvalue weighted by molar-refractivity contribution is 6.08. The van der Waals surface area contributed by atoms with E-state index in [0.717, 1.165) is 27.5 Å². The molecule has 1 aromatic carbocycles. The number of rotatable bonds is 0. The van der Waals surface area contributed by atoms with Crippen LogP contribution in [-0.4, -0.2) is 15.2 Å². The fourth-order valence-corrected chi connectivity index (χ4v) is 1.85. The molecule has 0 aliphatic carbocycles. The van der Waals surface area contributed by atoms with Crippen LogP contribution in [-0.2, 0) is 0 Å². The number of H-pyrrole nitrogens is 1. The van der Waals surface area contributed by atoms with Crippen LogP contribution in [0.1, 0.15) is 5.69 Å². The van der Waals surface area contributed by atoms with Gasteiger partial charge in [-0.2, -0.15) is 5.10 Å². The molecule has 0 amide bonds. The predicted octanol–water partition coefficient (Wildman–Crippen LogP) is 1.80. The van der Waals surface area contributed by atoms with E-state index in [1.165, 1.54) is 0 Å². The molecule has 4 heteroatoms. The number of fused-ring (bicyclic) bond motifs is 3. The van der Waals surface area contributed by atoms with Crippen molar-refractivity contribution in [1.82, 2.24) is 15.2 Å². The molecule has 4 nitrogen and oxygen atoms in total. The fourth-order valence-electron chi connectivity index (χ4n) is 1.85. The molecule has 3 rings (SSSR count). The van der Waals surface area contributed by atoms with E-state index < -0.39 is 0 Å². The Morgan fingerprint density at radius 3 is 3.20 bits per heavy atom. The smallest absolute Gasteiger partial charge is 0.135 e. The second kappa shape index (κ2) is 2.70. The molecule has 3 N–H and O–H groups in total. The second-order valence-electron chi connectivity index (χ2n) is 3.50. The Labute approximate surface area is 86.1 Å². The molecule has 0 atom stereocenters. The van der Waals surface area contributed by atoms with Crippen molar-refractivity contribution < 1.29 is 0 Å². The van der Waals surface area contributed by atoms with E-state index in [9.17, 15) is 0 Å². The lowest BCUT2D eigenvalue weighted by Gasteiger charge is -2.01. The van der Waals surface area contributed by atoms with Gasteiger partial charge in [-0.3, -0.25) is 5.10 Å². The molecule has 0 saturated heterocycles. The maximum Gasteiger partial charge on any atom is 0.135 e. The number of nitrogens with zero attached hydrogens (tertiary/aromatic N) is 2. The Kier molecular flexibility index (Phi) is 1.48. The molecule has 73 valence electrons. The topological polar surface area (TPSA) is 67.6 Å². The zero-order valence-corrected chi connectivity index (χ0v) is 8.20. The van der Waals surface area contributed by atoms with E-state index in [4.69, 9.17) is 5.73 Å². The highest BCUT2D eigenvalue weighted by atomic mass is 15.1. The quantitative estimate of drug-likeness (QED) is 0.577. The summed E-state index contributed by atoms with van der Waals surface area (Å²) in [7, 11) is 0. The van der Waals surface area contributed by atoms with Gasteiger partial charge in [0.05, 0.1) is 22.1 Å². The first-order valence-electron chi connectivity index (χ1n) is 4.67. The van der Waals surface area contributed by atoms with Gasteiger partial charge in [0.2, 0.25) is 0 Å². The fraction of sp³-hybridized carbons (Fsp3) is 0.0909. The third-order valence-electron chi connectivity index (χ3n) is 2.55. The van der Waals surface area contributed by atoms with Crippen LogP contribution in [0, 0.1) is 13.0 Å². The monoisotopic (exact) mass is 197 g/mol. The lowest BCUT2D eigenvalue weighted by atomic mass is 10.1. The minimum Gasteiger partial charge on any atom is -0.383 e. The summed E-state index contributed by atoms with van der Waals surface area (Å²) in [6.07, 6.45) is 0. The van der Waals surface area contributed by atoms with Crippen molar-refractivity contribution in [1.29, 1.82) is 0 Å². The summed E-state index contributed by atoms with van der Waals surface area (Å²) in [5, 5.41) is 9.04. The average Bonchev–Trinajstić information content (AvgIpc) is 2.62. The minimum atomic E-state index is 0.523. The average molecular weight is 197 g/mol. The second-order valence-corrected chi connectivity index (χ2v) is 3.50. The lowest BCUT2D eigenvalue weighted by Crippen LogP contribution is -1.92. The van der Waals surface area contributed by atoms with E-state index in [2.05, 4.69) is 21.2 Å². The minimum absolute atomic E-state index is 0.523. The van der Waals surface area contributed by atoms with Crippen molar-refractivity contribution in [3.05, 3.63) is 30.0 Å². The van der Waals surface area contributed by atoms with Gasteiger partial charge in [0.25, 0.3) is 0 Å². The van der Waals surface area contributed by atoms with Crippen LogP contribution in [0.25, 0.3) is 21.8 Å². The Bertz CT molecular complexity index is 654. The van der Waals surface area contributed by atoms with Crippen LogP contribution in [0.3, 0.4) is 0 Å². The van der Waals surface area contributed by atoms with Gasteiger partial charge in [-0.1, -0.05) is 6.07 Å². The number of hydrogen-bond donors (Lipinski definition) is 2. The molecule has 3 aromatic rings. The van der Waals surface area contributed by atoms with E-state index in [1.54, 1.807) is 0 Å². The normalized spacial score (nSPS) is 11.3. The number of aryl methyl sites for hydroxylation is 1. The van der Waals surface area contributed by atoms with Gasteiger partial charge in [-0.15, -0.1) is 0 Å². The van der Waals surface area contributed by atoms with Gasteiger partial charge >= 0.3 is 0 Å². The molecule has 0 bridgehead atoms. The maximum absolute atomic E-state index is 5.89. The van der Waals surface area contributed by atoms with Gasteiger partial charge in [-0.05, 0) is 25.1 Å². The summed E-state index contributed by atoms with van der Waals surface area (Å²) in [4.78, 5) is 4.33. The largest absolute Gasteiger partial charge is 0.383 e. The third kappa shape index (κ3) is 1.01. The Morgan fingerprint density at radius 1 is 1.47 bits per heavy atom. The van der Waals surface area contributed by atoms with Gasteiger partial charge in [0, 0.05) is 5.39 Å². The van der Waals surface area contributed by atoms with E-state index >= 15 is 0 Å². The molecular formula is C11H9N4. The summed E-state index contributed by atoms with van der Waals surface area (Å²) in [6, 6.07) is 8.63. The van der Waals surface area contributed by atoms with Gasteiger partial charge in [0.15, 0.2) is 0 Å². The number of benzene rings is 1. The highest BCUT2D eigenvalue weighted by Crippen LogP contribution is 2.27. The van der Waals surface area contributed by atoms with Crippen LogP contribution in [0.5, 0.6) is 0 Å². The Hall–Kier alpha value is -2.10. The SMILES string of the molecule is Cc1n[nH]c2c1c(N)nc1cc[c]cc12. The zero-order valence-electron chi connectivity index (χ0n) is 8.20. The van der Waals surface area contributed by atoms with Crippen molar-refractivity contribution in [2.24, 2.45) is 0 Å². The highest BCUT2D eigenvalue weighted by Gasteiger charge is 2.10. The molecule has 0 spiro atoms. The first kappa shape index (κ1) is 8.23. The van der Waals surface area contributed by atoms with Crippen molar-refractivity contribution in [2.45, 2.75) is 6.92 Å². The molecular weight excluding hydrogens is 188 g/mol. The first-order chi connectivity index (χ1) is 7.27. The number of aromatic amines is 1. The number of anilines is 1. The Morgan fingerprint density at radius 2 is 2.33 bits per heavy atom. The Balaban J connectivity index is 2.65. The number of aromatic nitrogens is 3.